The van der Waals surface area contributed by atoms with Gasteiger partial charge in [0.15, 0.2) is 0 Å². The van der Waals surface area contributed by atoms with E-state index in [0.29, 0.717) is 11.7 Å². The van der Waals surface area contributed by atoms with E-state index in [9.17, 15) is 0 Å². The van der Waals surface area contributed by atoms with E-state index in [0.717, 1.165) is 0 Å². The first-order chi connectivity index (χ1) is 5.55. The van der Waals surface area contributed by atoms with Gasteiger partial charge >= 0.3 is 0 Å². The molecule has 0 radical (unpaired) electrons. The van der Waals surface area contributed by atoms with Crippen molar-refractivity contribution in [3.63, 3.8) is 0 Å². The van der Waals surface area contributed by atoms with Crippen LogP contribution >= 0.6 is 0 Å². The maximum atomic E-state index is 6.06. The lowest BCUT2D eigenvalue weighted by Gasteiger charge is -2.26. The summed E-state index contributed by atoms with van der Waals surface area (Å²) in [7, 11) is 0. The van der Waals surface area contributed by atoms with Crippen molar-refractivity contribution in [2.24, 2.45) is 11.7 Å². The largest absolute Gasteiger partial charge is 0.319 e. The van der Waals surface area contributed by atoms with E-state index < -0.39 is 5.54 Å². The van der Waals surface area contributed by atoms with Gasteiger partial charge in [-0.3, -0.25) is 0 Å². The molecule has 12 heavy (non-hydrogen) atoms. The minimum atomic E-state index is -0.429. The van der Waals surface area contributed by atoms with Crippen LogP contribution in [0.15, 0.2) is 18.5 Å². The smallest absolute Gasteiger partial charge is 0.147 e. The Labute approximate surface area is 73.0 Å². The van der Waals surface area contributed by atoms with Crippen LogP contribution in [0.1, 0.15) is 26.6 Å². The zero-order valence-electron chi connectivity index (χ0n) is 7.78. The molecular weight excluding hydrogens is 150 g/mol. The van der Waals surface area contributed by atoms with E-state index in [1.807, 2.05) is 6.92 Å². The van der Waals surface area contributed by atoms with Crippen LogP contribution in [0, 0.1) is 5.92 Å². The van der Waals surface area contributed by atoms with Gasteiger partial charge in [0, 0.05) is 12.4 Å². The molecule has 3 heteroatoms. The Morgan fingerprint density at radius 2 is 1.83 bits per heavy atom. The van der Waals surface area contributed by atoms with Gasteiger partial charge in [-0.25, -0.2) is 9.97 Å². The van der Waals surface area contributed by atoms with E-state index in [4.69, 9.17) is 5.73 Å². The van der Waals surface area contributed by atoms with Gasteiger partial charge in [0.25, 0.3) is 0 Å². The number of hydrogen-bond acceptors (Lipinski definition) is 3. The van der Waals surface area contributed by atoms with E-state index in [2.05, 4.69) is 23.8 Å². The zero-order valence-corrected chi connectivity index (χ0v) is 7.78. The molecule has 1 aromatic heterocycles. The van der Waals surface area contributed by atoms with Gasteiger partial charge < -0.3 is 5.73 Å². The van der Waals surface area contributed by atoms with Crippen LogP contribution in [-0.2, 0) is 5.54 Å². The average molecular weight is 165 g/mol. The summed E-state index contributed by atoms with van der Waals surface area (Å²) in [6, 6.07) is 1.79. The molecule has 0 amide bonds. The molecule has 0 aliphatic heterocycles. The molecule has 66 valence electrons. The molecule has 1 unspecified atom stereocenters. The summed E-state index contributed by atoms with van der Waals surface area (Å²) in [5.74, 6) is 1.04. The number of hydrogen-bond donors (Lipinski definition) is 1. The molecule has 2 N–H and O–H groups in total. The number of aromatic nitrogens is 2. The van der Waals surface area contributed by atoms with Crippen LogP contribution < -0.4 is 5.73 Å². The molecule has 3 nitrogen and oxygen atoms in total. The molecule has 0 aliphatic rings. The highest BCUT2D eigenvalue weighted by Gasteiger charge is 2.27. The van der Waals surface area contributed by atoms with Gasteiger partial charge in [0.2, 0.25) is 0 Å². The van der Waals surface area contributed by atoms with E-state index in [1.54, 1.807) is 18.5 Å². The molecule has 1 atom stereocenters. The average Bonchev–Trinajstić information content (AvgIpc) is 2.06. The summed E-state index contributed by atoms with van der Waals surface area (Å²) in [6.45, 7) is 6.08. The summed E-state index contributed by atoms with van der Waals surface area (Å²) < 4.78 is 0. The fourth-order valence-corrected chi connectivity index (χ4v) is 0.835. The Morgan fingerprint density at radius 3 is 2.25 bits per heavy atom. The summed E-state index contributed by atoms with van der Waals surface area (Å²) in [5.41, 5.74) is 5.63. The lowest BCUT2D eigenvalue weighted by Crippen LogP contribution is -2.40. The first kappa shape index (κ1) is 9.13. The number of rotatable bonds is 2. The maximum absolute atomic E-state index is 6.06. The van der Waals surface area contributed by atoms with Gasteiger partial charge in [-0.15, -0.1) is 0 Å². The maximum Gasteiger partial charge on any atom is 0.147 e. The fourth-order valence-electron chi connectivity index (χ4n) is 0.835. The van der Waals surface area contributed by atoms with E-state index >= 15 is 0 Å². The zero-order chi connectivity index (χ0) is 9.19. The van der Waals surface area contributed by atoms with Crippen LogP contribution in [0.5, 0.6) is 0 Å². The van der Waals surface area contributed by atoms with Crippen molar-refractivity contribution in [1.29, 1.82) is 0 Å². The Balaban J connectivity index is 2.98. The predicted molar refractivity (Wildman–Crippen MR) is 48.4 cm³/mol. The first-order valence-electron chi connectivity index (χ1n) is 4.11. The molecule has 1 rings (SSSR count). The van der Waals surface area contributed by atoms with Gasteiger partial charge in [0.1, 0.15) is 5.82 Å². The van der Waals surface area contributed by atoms with Crippen LogP contribution in [-0.4, -0.2) is 9.97 Å². The molecule has 0 bridgehead atoms. The van der Waals surface area contributed by atoms with Gasteiger partial charge in [-0.1, -0.05) is 13.8 Å². The van der Waals surface area contributed by atoms with E-state index in [-0.39, 0.29) is 0 Å². The van der Waals surface area contributed by atoms with Crippen molar-refractivity contribution < 1.29 is 0 Å². The number of nitrogens with zero attached hydrogens (tertiary/aromatic N) is 2. The van der Waals surface area contributed by atoms with Crippen molar-refractivity contribution >= 4 is 0 Å². The van der Waals surface area contributed by atoms with E-state index in [1.165, 1.54) is 0 Å². The normalized spacial score (nSPS) is 16.1. The lowest BCUT2D eigenvalue weighted by atomic mass is 9.89. The highest BCUT2D eigenvalue weighted by molar-refractivity contribution is 5.03. The fraction of sp³-hybridized carbons (Fsp3) is 0.556. The molecule has 0 fully saturated rings. The topological polar surface area (TPSA) is 51.8 Å². The standard InChI is InChI=1S/C9H15N3/c1-7(2)9(3,10)8-11-5-4-6-12-8/h4-7H,10H2,1-3H3. The molecular formula is C9H15N3. The third kappa shape index (κ3) is 1.61. The van der Waals surface area contributed by atoms with Crippen molar-refractivity contribution in [3.8, 4) is 0 Å². The van der Waals surface area contributed by atoms with Crippen molar-refractivity contribution in [1.82, 2.24) is 9.97 Å². The minimum Gasteiger partial charge on any atom is -0.319 e. The second kappa shape index (κ2) is 3.19. The van der Waals surface area contributed by atoms with Crippen LogP contribution in [0.2, 0.25) is 0 Å². The summed E-state index contributed by atoms with van der Waals surface area (Å²) in [4.78, 5) is 8.27. The van der Waals surface area contributed by atoms with Crippen molar-refractivity contribution in [2.45, 2.75) is 26.3 Å². The second-order valence-electron chi connectivity index (χ2n) is 3.51. The molecule has 1 aromatic rings. The van der Waals surface area contributed by atoms with Crippen LogP contribution in [0.4, 0.5) is 0 Å². The molecule has 0 saturated carbocycles. The highest BCUT2D eigenvalue weighted by atomic mass is 14.9. The Morgan fingerprint density at radius 1 is 1.33 bits per heavy atom. The molecule has 0 spiro atoms. The van der Waals surface area contributed by atoms with Crippen LogP contribution in [0.3, 0.4) is 0 Å². The van der Waals surface area contributed by atoms with Crippen molar-refractivity contribution in [2.75, 3.05) is 0 Å². The lowest BCUT2D eigenvalue weighted by molar-refractivity contribution is 0.330. The summed E-state index contributed by atoms with van der Waals surface area (Å²) in [6.07, 6.45) is 3.44. The minimum absolute atomic E-state index is 0.333. The van der Waals surface area contributed by atoms with Gasteiger partial charge in [-0.05, 0) is 18.9 Å². The Hall–Kier alpha value is -0.960. The van der Waals surface area contributed by atoms with Crippen molar-refractivity contribution in [3.05, 3.63) is 24.3 Å². The van der Waals surface area contributed by atoms with Gasteiger partial charge in [0.05, 0.1) is 5.54 Å². The second-order valence-corrected chi connectivity index (χ2v) is 3.51. The molecule has 0 aliphatic carbocycles. The molecule has 1 heterocycles. The molecule has 0 aromatic carbocycles. The monoisotopic (exact) mass is 165 g/mol. The first-order valence-corrected chi connectivity index (χ1v) is 4.11. The molecule has 0 saturated heterocycles. The highest BCUT2D eigenvalue weighted by Crippen LogP contribution is 2.21. The summed E-state index contributed by atoms with van der Waals surface area (Å²) in [5, 5.41) is 0. The van der Waals surface area contributed by atoms with Gasteiger partial charge in [-0.2, -0.15) is 0 Å². The quantitative estimate of drug-likeness (QED) is 0.718. The number of nitrogens with two attached hydrogens (primary N) is 1. The Bertz CT molecular complexity index is 241. The SMILES string of the molecule is CC(C)C(C)(N)c1ncccn1. The predicted octanol–water partition coefficient (Wildman–Crippen LogP) is 1.31. The third-order valence-corrected chi connectivity index (χ3v) is 2.25. The van der Waals surface area contributed by atoms with Crippen LogP contribution in [0.25, 0.3) is 0 Å². The Kier molecular flexibility index (Phi) is 2.43. The summed E-state index contributed by atoms with van der Waals surface area (Å²) >= 11 is 0. The third-order valence-electron chi connectivity index (χ3n) is 2.25.